The van der Waals surface area contributed by atoms with Gasteiger partial charge in [-0.05, 0) is 56.2 Å². The van der Waals surface area contributed by atoms with E-state index in [4.69, 9.17) is 21.1 Å². The Kier molecular flexibility index (Phi) is 7.99. The first kappa shape index (κ1) is 24.4. The Morgan fingerprint density at radius 1 is 1.06 bits per heavy atom. The molecule has 34 heavy (non-hydrogen) atoms. The minimum absolute atomic E-state index is 0.116. The Morgan fingerprint density at radius 3 is 2.41 bits per heavy atom. The van der Waals surface area contributed by atoms with Crippen LogP contribution in [0, 0.1) is 12.8 Å². The van der Waals surface area contributed by atoms with E-state index in [1.807, 2.05) is 55.5 Å². The molecule has 0 bridgehead atoms. The van der Waals surface area contributed by atoms with Gasteiger partial charge in [-0.25, -0.2) is 0 Å². The zero-order valence-corrected chi connectivity index (χ0v) is 20.6. The number of alkyl halides is 1. The van der Waals surface area contributed by atoms with E-state index in [-0.39, 0.29) is 36.9 Å². The molecule has 0 aromatic heterocycles. The minimum Gasteiger partial charge on any atom is -0.486 e. The third-order valence-electron chi connectivity index (χ3n) is 6.72. The molecule has 1 saturated carbocycles. The van der Waals surface area contributed by atoms with Crippen molar-refractivity contribution < 1.29 is 19.1 Å². The summed E-state index contributed by atoms with van der Waals surface area (Å²) < 4.78 is 12.0. The lowest BCUT2D eigenvalue weighted by Gasteiger charge is -2.36. The van der Waals surface area contributed by atoms with E-state index in [9.17, 15) is 9.59 Å². The van der Waals surface area contributed by atoms with Gasteiger partial charge in [0.15, 0.2) is 17.6 Å². The van der Waals surface area contributed by atoms with Crippen molar-refractivity contribution in [3.63, 3.8) is 0 Å². The molecule has 0 saturated heterocycles. The molecular weight excluding hydrogens is 452 g/mol. The summed E-state index contributed by atoms with van der Waals surface area (Å²) in [5, 5.41) is 3.22. The molecule has 182 valence electrons. The monoisotopic (exact) mass is 484 g/mol. The molecule has 6 nitrogen and oxygen atoms in total. The molecule has 2 aliphatic rings. The molecule has 1 fully saturated rings. The van der Waals surface area contributed by atoms with E-state index in [0.717, 1.165) is 36.8 Å². The van der Waals surface area contributed by atoms with Crippen LogP contribution in [0.25, 0.3) is 0 Å². The number of ether oxygens (including phenoxy) is 2. The maximum absolute atomic E-state index is 13.7. The van der Waals surface area contributed by atoms with Gasteiger partial charge in [0.1, 0.15) is 18.5 Å². The number of fused-ring (bicyclic) bond motifs is 1. The summed E-state index contributed by atoms with van der Waals surface area (Å²) in [6.07, 6.45) is 3.67. The first-order valence-electron chi connectivity index (χ1n) is 12.1. The summed E-state index contributed by atoms with van der Waals surface area (Å²) in [4.78, 5) is 28.3. The normalized spacial score (nSPS) is 22.5. The van der Waals surface area contributed by atoms with Gasteiger partial charge >= 0.3 is 0 Å². The lowest BCUT2D eigenvalue weighted by molar-refractivity contribution is -0.141. The number of carbonyl (C=O) groups is 2. The first-order chi connectivity index (χ1) is 16.4. The standard InChI is InChI=1S/C27H33ClN2O4/c1-18-7-11-20(12-8-18)26(27(32)29-21-13-9-19(2)10-14-21)30(25(31)15-28)16-22-17-33-23-5-3-4-6-24(23)34-22/h3-8,11-12,19,21-22,26H,9-10,13-17H2,1-2H3,(H,29,32)/t19?,21?,22-,26+/m0/s1. The van der Waals surface area contributed by atoms with Gasteiger partial charge < -0.3 is 19.7 Å². The number of amides is 2. The number of nitrogens with one attached hydrogen (secondary N) is 1. The van der Waals surface area contributed by atoms with Crippen LogP contribution in [0.3, 0.4) is 0 Å². The smallest absolute Gasteiger partial charge is 0.247 e. The van der Waals surface area contributed by atoms with Crippen LogP contribution in [0.4, 0.5) is 0 Å². The third-order valence-corrected chi connectivity index (χ3v) is 6.95. The molecule has 1 aliphatic carbocycles. The lowest BCUT2D eigenvalue weighted by Crippen LogP contribution is -2.51. The molecule has 4 rings (SSSR count). The number of carbonyl (C=O) groups excluding carboxylic acids is 2. The summed E-state index contributed by atoms with van der Waals surface area (Å²) in [6.45, 7) is 4.71. The van der Waals surface area contributed by atoms with E-state index in [0.29, 0.717) is 17.4 Å². The van der Waals surface area contributed by atoms with Gasteiger partial charge in [-0.1, -0.05) is 48.9 Å². The molecule has 1 heterocycles. The first-order valence-corrected chi connectivity index (χ1v) is 12.6. The molecule has 0 spiro atoms. The predicted molar refractivity (Wildman–Crippen MR) is 132 cm³/mol. The second-order valence-electron chi connectivity index (χ2n) is 9.46. The Labute approximate surface area is 206 Å². The largest absolute Gasteiger partial charge is 0.486 e. The second-order valence-corrected chi connectivity index (χ2v) is 9.72. The summed E-state index contributed by atoms with van der Waals surface area (Å²) in [6, 6.07) is 14.5. The zero-order chi connectivity index (χ0) is 24.1. The molecule has 0 unspecified atom stereocenters. The van der Waals surface area contributed by atoms with E-state index >= 15 is 0 Å². The van der Waals surface area contributed by atoms with Gasteiger partial charge in [0.05, 0.1) is 6.54 Å². The Bertz CT molecular complexity index is 988. The van der Waals surface area contributed by atoms with Crippen molar-refractivity contribution in [2.45, 2.75) is 57.7 Å². The Morgan fingerprint density at radius 2 is 1.74 bits per heavy atom. The molecule has 1 aliphatic heterocycles. The average Bonchev–Trinajstić information content (AvgIpc) is 2.85. The highest BCUT2D eigenvalue weighted by molar-refractivity contribution is 6.27. The highest BCUT2D eigenvalue weighted by Crippen LogP contribution is 2.32. The van der Waals surface area contributed by atoms with Crippen molar-refractivity contribution in [3.8, 4) is 11.5 Å². The highest BCUT2D eigenvalue weighted by Gasteiger charge is 2.35. The number of aryl methyl sites for hydroxylation is 1. The maximum Gasteiger partial charge on any atom is 0.247 e. The van der Waals surface area contributed by atoms with Crippen molar-refractivity contribution in [1.82, 2.24) is 10.2 Å². The topological polar surface area (TPSA) is 67.9 Å². The Hall–Kier alpha value is -2.73. The highest BCUT2D eigenvalue weighted by atomic mass is 35.5. The van der Waals surface area contributed by atoms with Crippen molar-refractivity contribution in [2.75, 3.05) is 19.0 Å². The SMILES string of the molecule is Cc1ccc([C@H](C(=O)NC2CCC(C)CC2)N(C[C@H]2COc3ccccc3O2)C(=O)CCl)cc1. The molecule has 2 amide bonds. The van der Waals surface area contributed by atoms with Crippen LogP contribution in [0.15, 0.2) is 48.5 Å². The number of nitrogens with zero attached hydrogens (tertiary/aromatic N) is 1. The van der Waals surface area contributed by atoms with Crippen LogP contribution in [-0.2, 0) is 9.59 Å². The summed E-state index contributed by atoms with van der Waals surface area (Å²) >= 11 is 6.02. The molecular formula is C27H33ClN2O4. The second kappa shape index (κ2) is 11.1. The number of benzene rings is 2. The fourth-order valence-electron chi connectivity index (χ4n) is 4.71. The predicted octanol–water partition coefficient (Wildman–Crippen LogP) is 4.64. The van der Waals surface area contributed by atoms with E-state index in [1.54, 1.807) is 4.90 Å². The van der Waals surface area contributed by atoms with Gasteiger partial charge in [0.2, 0.25) is 11.8 Å². The fourth-order valence-corrected chi connectivity index (χ4v) is 4.86. The number of halogens is 1. The van der Waals surface area contributed by atoms with Crippen molar-refractivity contribution in [3.05, 3.63) is 59.7 Å². The number of para-hydroxylation sites is 2. The number of hydrogen-bond acceptors (Lipinski definition) is 4. The van der Waals surface area contributed by atoms with Gasteiger partial charge in [-0.3, -0.25) is 9.59 Å². The summed E-state index contributed by atoms with van der Waals surface area (Å²) in [5.41, 5.74) is 1.84. The quantitative estimate of drug-likeness (QED) is 0.581. The van der Waals surface area contributed by atoms with Crippen molar-refractivity contribution >= 4 is 23.4 Å². The van der Waals surface area contributed by atoms with E-state index in [2.05, 4.69) is 12.2 Å². The van der Waals surface area contributed by atoms with Crippen molar-refractivity contribution in [2.24, 2.45) is 5.92 Å². The van der Waals surface area contributed by atoms with Crippen LogP contribution in [0.1, 0.15) is 49.8 Å². The molecule has 0 radical (unpaired) electrons. The number of rotatable bonds is 7. The summed E-state index contributed by atoms with van der Waals surface area (Å²) in [5.74, 6) is 1.27. The van der Waals surface area contributed by atoms with Crippen LogP contribution in [-0.4, -0.2) is 47.9 Å². The lowest BCUT2D eigenvalue weighted by atomic mass is 9.87. The van der Waals surface area contributed by atoms with E-state index < -0.39 is 12.1 Å². The van der Waals surface area contributed by atoms with Crippen molar-refractivity contribution in [1.29, 1.82) is 0 Å². The van der Waals surface area contributed by atoms with Crippen LogP contribution in [0.5, 0.6) is 11.5 Å². The molecule has 2 aromatic carbocycles. The van der Waals surface area contributed by atoms with E-state index in [1.165, 1.54) is 0 Å². The van der Waals surface area contributed by atoms with Crippen LogP contribution >= 0.6 is 11.6 Å². The molecule has 2 aromatic rings. The molecule has 7 heteroatoms. The van der Waals surface area contributed by atoms with Gasteiger partial charge in [-0.15, -0.1) is 11.6 Å². The van der Waals surface area contributed by atoms with Crippen LogP contribution < -0.4 is 14.8 Å². The van der Waals surface area contributed by atoms with Gasteiger partial charge in [0.25, 0.3) is 0 Å². The zero-order valence-electron chi connectivity index (χ0n) is 19.8. The van der Waals surface area contributed by atoms with Gasteiger partial charge in [0, 0.05) is 6.04 Å². The molecule has 1 N–H and O–H groups in total. The van der Waals surface area contributed by atoms with Gasteiger partial charge in [-0.2, -0.15) is 0 Å². The van der Waals surface area contributed by atoms with Crippen LogP contribution in [0.2, 0.25) is 0 Å². The summed E-state index contributed by atoms with van der Waals surface area (Å²) in [7, 11) is 0. The minimum atomic E-state index is -0.799. The number of hydrogen-bond donors (Lipinski definition) is 1. The third kappa shape index (κ3) is 5.84. The molecule has 2 atom stereocenters. The average molecular weight is 485 g/mol. The fraction of sp³-hybridized carbons (Fsp3) is 0.481. The Balaban J connectivity index is 1.58. The maximum atomic E-state index is 13.7.